The molecule has 1 heterocycles. The minimum absolute atomic E-state index is 0.0684. The third-order valence-electron chi connectivity index (χ3n) is 6.09. The highest BCUT2D eigenvalue weighted by atomic mass is 32.2. The number of hydrogen-bond acceptors (Lipinski definition) is 5. The Kier molecular flexibility index (Phi) is 7.58. The highest BCUT2D eigenvalue weighted by Crippen LogP contribution is 2.43. The van der Waals surface area contributed by atoms with Gasteiger partial charge < -0.3 is 15.4 Å². The van der Waals surface area contributed by atoms with E-state index < -0.39 is 0 Å². The Balaban J connectivity index is 1.29. The third-order valence-corrected chi connectivity index (χ3v) is 8.49. The highest BCUT2D eigenvalue weighted by molar-refractivity contribution is 8.00. The molecule has 3 atom stereocenters. The van der Waals surface area contributed by atoms with Crippen LogP contribution in [0.1, 0.15) is 6.92 Å². The number of carbonyl (C=O) groups excluding carboxylic acids is 2. The number of amides is 3. The molecule has 0 bridgehead atoms. The summed E-state index contributed by atoms with van der Waals surface area (Å²) in [6.45, 7) is 1.85. The molecular formula is C29H27N3O3S2. The normalized spacial score (nSPS) is 18.4. The number of benzene rings is 3. The number of nitrogens with zero attached hydrogens (tertiary/aromatic N) is 1. The lowest BCUT2D eigenvalue weighted by atomic mass is 10.1. The van der Waals surface area contributed by atoms with E-state index in [1.807, 2.05) is 84.6 Å². The zero-order chi connectivity index (χ0) is 25.8. The average Bonchev–Trinajstić information content (AvgIpc) is 2.92. The monoisotopic (exact) mass is 529 g/mol. The summed E-state index contributed by atoms with van der Waals surface area (Å²) in [6, 6.07) is 22.6. The van der Waals surface area contributed by atoms with Crippen LogP contribution in [0.15, 0.2) is 107 Å². The van der Waals surface area contributed by atoms with Gasteiger partial charge in [0.15, 0.2) is 0 Å². The number of urea groups is 1. The molecule has 3 aromatic rings. The van der Waals surface area contributed by atoms with E-state index in [0.29, 0.717) is 17.1 Å². The summed E-state index contributed by atoms with van der Waals surface area (Å²) in [4.78, 5) is 30.2. The van der Waals surface area contributed by atoms with Crippen molar-refractivity contribution < 1.29 is 14.3 Å². The second-order valence-electron chi connectivity index (χ2n) is 8.59. The van der Waals surface area contributed by atoms with Gasteiger partial charge in [0, 0.05) is 15.5 Å². The Bertz CT molecular complexity index is 1370. The standard InChI is InChI=1S/C29H27N3O3S2/c1-19(28(33)31-22-12-3-6-15-25(22)35-2)36-21-11-9-10-20(18-21)30-29(34)32-23-13-4-7-16-26(23)37-27-17-8-5-14-24(27)32/h3-19,23,26H,1-2H3,(H,30,34)(H,31,33). The fraction of sp³-hybridized carbons (Fsp3) is 0.172. The van der Waals surface area contributed by atoms with Crippen molar-refractivity contribution in [3.63, 3.8) is 0 Å². The van der Waals surface area contributed by atoms with Crippen LogP contribution in [0.25, 0.3) is 0 Å². The molecule has 1 aliphatic carbocycles. The van der Waals surface area contributed by atoms with Crippen LogP contribution in [0.2, 0.25) is 0 Å². The van der Waals surface area contributed by atoms with E-state index in [1.54, 1.807) is 24.9 Å². The van der Waals surface area contributed by atoms with Crippen molar-refractivity contribution in [2.24, 2.45) is 0 Å². The lowest BCUT2D eigenvalue weighted by Gasteiger charge is -2.40. The maximum absolute atomic E-state index is 13.6. The van der Waals surface area contributed by atoms with E-state index in [1.165, 1.54) is 11.8 Å². The van der Waals surface area contributed by atoms with Crippen molar-refractivity contribution in [1.29, 1.82) is 0 Å². The highest BCUT2D eigenvalue weighted by Gasteiger charge is 2.36. The van der Waals surface area contributed by atoms with Crippen LogP contribution >= 0.6 is 23.5 Å². The van der Waals surface area contributed by atoms with Crippen LogP contribution in [0, 0.1) is 0 Å². The summed E-state index contributed by atoms with van der Waals surface area (Å²) < 4.78 is 5.33. The average molecular weight is 530 g/mol. The second kappa shape index (κ2) is 11.2. The molecule has 0 saturated carbocycles. The Labute approximate surface area is 225 Å². The Morgan fingerprint density at radius 2 is 1.76 bits per heavy atom. The zero-order valence-electron chi connectivity index (χ0n) is 20.5. The number of para-hydroxylation sites is 3. The number of methoxy groups -OCH3 is 1. The molecule has 0 saturated heterocycles. The van der Waals surface area contributed by atoms with Gasteiger partial charge in [-0.05, 0) is 49.4 Å². The molecule has 0 radical (unpaired) electrons. The summed E-state index contributed by atoms with van der Waals surface area (Å²) in [5.74, 6) is 0.482. The number of rotatable bonds is 6. The lowest BCUT2D eigenvalue weighted by molar-refractivity contribution is -0.115. The predicted molar refractivity (Wildman–Crippen MR) is 153 cm³/mol. The summed E-state index contributed by atoms with van der Waals surface area (Å²) in [5.41, 5.74) is 2.21. The maximum Gasteiger partial charge on any atom is 0.326 e. The molecular weight excluding hydrogens is 502 g/mol. The number of anilines is 3. The van der Waals surface area contributed by atoms with E-state index in [0.717, 1.165) is 15.5 Å². The van der Waals surface area contributed by atoms with Crippen LogP contribution in [-0.2, 0) is 4.79 Å². The molecule has 188 valence electrons. The fourth-order valence-corrected chi connectivity index (χ4v) is 6.48. The molecule has 3 amide bonds. The number of nitrogens with one attached hydrogen (secondary N) is 2. The van der Waals surface area contributed by atoms with Crippen molar-refractivity contribution in [1.82, 2.24) is 0 Å². The minimum atomic E-state index is -0.359. The van der Waals surface area contributed by atoms with Crippen molar-refractivity contribution >= 4 is 52.5 Å². The van der Waals surface area contributed by atoms with Gasteiger partial charge in [0.05, 0.1) is 35.0 Å². The molecule has 37 heavy (non-hydrogen) atoms. The molecule has 3 aromatic carbocycles. The third kappa shape index (κ3) is 5.55. The number of carbonyl (C=O) groups is 2. The fourth-order valence-electron chi connectivity index (χ4n) is 4.30. The molecule has 2 aliphatic rings. The predicted octanol–water partition coefficient (Wildman–Crippen LogP) is 6.82. The van der Waals surface area contributed by atoms with Crippen LogP contribution in [0.4, 0.5) is 21.9 Å². The molecule has 3 unspecified atom stereocenters. The van der Waals surface area contributed by atoms with Crippen molar-refractivity contribution in [3.05, 3.63) is 97.1 Å². The van der Waals surface area contributed by atoms with Crippen molar-refractivity contribution in [3.8, 4) is 5.75 Å². The van der Waals surface area contributed by atoms with Gasteiger partial charge in [-0.15, -0.1) is 23.5 Å². The van der Waals surface area contributed by atoms with Gasteiger partial charge in [-0.25, -0.2) is 4.79 Å². The molecule has 0 spiro atoms. The Morgan fingerprint density at radius 3 is 2.62 bits per heavy atom. The molecule has 1 aliphatic heterocycles. The van der Waals surface area contributed by atoms with Gasteiger partial charge in [0.2, 0.25) is 5.91 Å². The summed E-state index contributed by atoms with van der Waals surface area (Å²) in [5, 5.41) is 5.81. The van der Waals surface area contributed by atoms with Crippen LogP contribution in [0.5, 0.6) is 5.75 Å². The first-order chi connectivity index (χ1) is 18.0. The van der Waals surface area contributed by atoms with E-state index in [-0.39, 0.29) is 28.5 Å². The smallest absolute Gasteiger partial charge is 0.326 e. The number of hydrogen-bond donors (Lipinski definition) is 2. The van der Waals surface area contributed by atoms with E-state index in [9.17, 15) is 9.59 Å². The Hall–Kier alpha value is -3.62. The van der Waals surface area contributed by atoms with Gasteiger partial charge in [-0.2, -0.15) is 0 Å². The first kappa shape index (κ1) is 25.0. The molecule has 8 heteroatoms. The first-order valence-electron chi connectivity index (χ1n) is 11.9. The Morgan fingerprint density at radius 1 is 0.973 bits per heavy atom. The quantitative estimate of drug-likeness (QED) is 0.343. The first-order valence-corrected chi connectivity index (χ1v) is 13.7. The molecule has 2 N–H and O–H groups in total. The summed E-state index contributed by atoms with van der Waals surface area (Å²) in [6.07, 6.45) is 8.23. The van der Waals surface area contributed by atoms with E-state index in [4.69, 9.17) is 4.74 Å². The summed E-state index contributed by atoms with van der Waals surface area (Å²) >= 11 is 3.20. The van der Waals surface area contributed by atoms with Crippen LogP contribution in [0.3, 0.4) is 0 Å². The number of ether oxygens (including phenoxy) is 1. The molecule has 0 aromatic heterocycles. The van der Waals surface area contributed by atoms with Gasteiger partial charge >= 0.3 is 6.03 Å². The van der Waals surface area contributed by atoms with Gasteiger partial charge in [0.25, 0.3) is 0 Å². The lowest BCUT2D eigenvalue weighted by Crippen LogP contribution is -2.49. The zero-order valence-corrected chi connectivity index (χ0v) is 22.1. The SMILES string of the molecule is COc1ccccc1NC(=O)C(C)Sc1cccc(NC(=O)N2c3ccccc3SC3C=CC=CC32)c1. The number of thioether (sulfide) groups is 2. The van der Waals surface area contributed by atoms with E-state index >= 15 is 0 Å². The largest absolute Gasteiger partial charge is 0.495 e. The minimum Gasteiger partial charge on any atom is -0.495 e. The van der Waals surface area contributed by atoms with Gasteiger partial charge in [0.1, 0.15) is 5.75 Å². The maximum atomic E-state index is 13.6. The summed E-state index contributed by atoms with van der Waals surface area (Å²) in [7, 11) is 1.58. The van der Waals surface area contributed by atoms with E-state index in [2.05, 4.69) is 28.9 Å². The van der Waals surface area contributed by atoms with Gasteiger partial charge in [-0.3, -0.25) is 9.69 Å². The number of fused-ring (bicyclic) bond motifs is 2. The molecule has 0 fully saturated rings. The van der Waals surface area contributed by atoms with Gasteiger partial charge in [-0.1, -0.05) is 54.6 Å². The van der Waals surface area contributed by atoms with Crippen molar-refractivity contribution in [2.45, 2.75) is 33.3 Å². The molecule has 5 rings (SSSR count). The topological polar surface area (TPSA) is 70.7 Å². The number of allylic oxidation sites excluding steroid dienone is 2. The molecule has 6 nitrogen and oxygen atoms in total. The van der Waals surface area contributed by atoms with Crippen LogP contribution < -0.4 is 20.3 Å². The second-order valence-corrected chi connectivity index (χ2v) is 11.2. The van der Waals surface area contributed by atoms with Crippen LogP contribution in [-0.4, -0.2) is 35.6 Å². The van der Waals surface area contributed by atoms with Crippen molar-refractivity contribution in [2.75, 3.05) is 22.6 Å².